The van der Waals surface area contributed by atoms with Crippen molar-refractivity contribution in [3.05, 3.63) is 28.7 Å². The van der Waals surface area contributed by atoms with E-state index in [1.54, 1.807) is 0 Å². The first-order chi connectivity index (χ1) is 9.45. The molecule has 110 valence electrons. The van der Waals surface area contributed by atoms with Gasteiger partial charge in [-0.25, -0.2) is 0 Å². The molecule has 2 N–H and O–H groups in total. The van der Waals surface area contributed by atoms with Gasteiger partial charge in [0, 0.05) is 10.2 Å². The van der Waals surface area contributed by atoms with Gasteiger partial charge in [-0.3, -0.25) is 4.79 Å². The third-order valence-electron chi connectivity index (χ3n) is 3.66. The van der Waals surface area contributed by atoms with Crippen molar-refractivity contribution in [2.45, 2.75) is 39.0 Å². The van der Waals surface area contributed by atoms with Gasteiger partial charge in [0.1, 0.15) is 25.3 Å². The van der Waals surface area contributed by atoms with E-state index in [4.69, 9.17) is 4.74 Å². The first-order valence-electron chi connectivity index (χ1n) is 7.02. The fourth-order valence-electron chi connectivity index (χ4n) is 2.67. The van der Waals surface area contributed by atoms with Gasteiger partial charge in [-0.15, -0.1) is 0 Å². The number of nitrogens with one attached hydrogen (secondary N) is 2. The maximum atomic E-state index is 12.3. The van der Waals surface area contributed by atoms with Crippen molar-refractivity contribution in [2.24, 2.45) is 0 Å². The van der Waals surface area contributed by atoms with E-state index in [-0.39, 0.29) is 24.2 Å². The minimum atomic E-state index is -0.0808. The number of carbonyl (C=O) groups excluding carboxylic acids is 1. The number of quaternary nitrogens is 1. The number of anilines is 1. The molecule has 0 aromatic heterocycles. The van der Waals surface area contributed by atoms with Gasteiger partial charge in [0.05, 0.1) is 0 Å². The number of benzene rings is 1. The highest BCUT2D eigenvalue weighted by Gasteiger charge is 2.32. The predicted molar refractivity (Wildman–Crippen MR) is 82.9 cm³/mol. The Labute approximate surface area is 128 Å². The maximum Gasteiger partial charge on any atom is 0.282 e. The van der Waals surface area contributed by atoms with Gasteiger partial charge in [-0.1, -0.05) is 22.0 Å². The normalized spacial score (nSPS) is 27.9. The lowest BCUT2D eigenvalue weighted by molar-refractivity contribution is -0.928. The molecule has 4 nitrogen and oxygen atoms in total. The molecule has 1 saturated heterocycles. The van der Waals surface area contributed by atoms with Gasteiger partial charge < -0.3 is 15.0 Å². The quantitative estimate of drug-likeness (QED) is 0.874. The summed E-state index contributed by atoms with van der Waals surface area (Å²) in [5.41, 5.74) is 0.824. The second-order valence-electron chi connectivity index (χ2n) is 5.55. The number of carbonyl (C=O) groups is 1. The number of halogens is 1. The standard InChI is InChI=1S/C15H21BrN2O2/c1-10-8-18(9-11(2)20-10)12(3)15(19)17-14-6-4-5-13(16)7-14/h4-7,10-12H,8-9H2,1-3H3,(H,17,19)/p+1/t10-,11-,12+/m1/s1. The Morgan fingerprint density at radius 2 is 2.05 bits per heavy atom. The lowest BCUT2D eigenvalue weighted by Gasteiger charge is -2.35. The fraction of sp³-hybridized carbons (Fsp3) is 0.533. The number of morpholine rings is 1. The van der Waals surface area contributed by atoms with E-state index in [0.717, 1.165) is 23.2 Å². The van der Waals surface area contributed by atoms with E-state index in [9.17, 15) is 4.79 Å². The molecule has 0 spiro atoms. The first-order valence-corrected chi connectivity index (χ1v) is 7.81. The minimum Gasteiger partial charge on any atom is -0.364 e. The molecule has 1 aliphatic rings. The zero-order valence-electron chi connectivity index (χ0n) is 12.2. The molecule has 0 radical (unpaired) electrons. The van der Waals surface area contributed by atoms with Crippen molar-refractivity contribution >= 4 is 27.5 Å². The topological polar surface area (TPSA) is 42.8 Å². The Kier molecular flexibility index (Phi) is 5.18. The van der Waals surface area contributed by atoms with Gasteiger partial charge in [0.15, 0.2) is 6.04 Å². The zero-order chi connectivity index (χ0) is 14.7. The molecule has 0 saturated carbocycles. The van der Waals surface area contributed by atoms with Crippen LogP contribution in [0.25, 0.3) is 0 Å². The number of rotatable bonds is 3. The third kappa shape index (κ3) is 4.04. The van der Waals surface area contributed by atoms with Crippen molar-refractivity contribution in [1.29, 1.82) is 0 Å². The highest BCUT2D eigenvalue weighted by Crippen LogP contribution is 2.15. The average Bonchev–Trinajstić information content (AvgIpc) is 2.36. The molecule has 0 aliphatic carbocycles. The van der Waals surface area contributed by atoms with Crippen LogP contribution in [-0.4, -0.2) is 37.2 Å². The van der Waals surface area contributed by atoms with E-state index in [2.05, 4.69) is 35.1 Å². The molecule has 5 heteroatoms. The third-order valence-corrected chi connectivity index (χ3v) is 4.15. The van der Waals surface area contributed by atoms with Crippen LogP contribution in [0.2, 0.25) is 0 Å². The number of hydrogen-bond acceptors (Lipinski definition) is 2. The Morgan fingerprint density at radius 3 is 2.65 bits per heavy atom. The van der Waals surface area contributed by atoms with E-state index in [0.29, 0.717) is 0 Å². The van der Waals surface area contributed by atoms with E-state index in [1.165, 1.54) is 4.90 Å². The largest absolute Gasteiger partial charge is 0.364 e. The molecule has 1 amide bonds. The molecular weight excluding hydrogens is 320 g/mol. The Hall–Kier alpha value is -0.910. The summed E-state index contributed by atoms with van der Waals surface area (Å²) < 4.78 is 6.68. The van der Waals surface area contributed by atoms with E-state index >= 15 is 0 Å². The van der Waals surface area contributed by atoms with Gasteiger partial charge in [-0.05, 0) is 39.0 Å². The van der Waals surface area contributed by atoms with Crippen LogP contribution in [0.3, 0.4) is 0 Å². The van der Waals surface area contributed by atoms with Crippen molar-refractivity contribution in [3.8, 4) is 0 Å². The molecule has 2 rings (SSSR count). The average molecular weight is 342 g/mol. The highest BCUT2D eigenvalue weighted by atomic mass is 79.9. The molecule has 0 unspecified atom stereocenters. The maximum absolute atomic E-state index is 12.3. The SMILES string of the molecule is C[C@@H]1C[NH+]([C@@H](C)C(=O)Nc2cccc(Br)c2)C[C@@H](C)O1. The molecule has 1 aromatic rings. The van der Waals surface area contributed by atoms with Crippen LogP contribution in [0.5, 0.6) is 0 Å². The molecule has 3 atom stereocenters. The lowest BCUT2D eigenvalue weighted by atomic mass is 10.1. The second-order valence-corrected chi connectivity index (χ2v) is 6.46. The summed E-state index contributed by atoms with van der Waals surface area (Å²) in [5, 5.41) is 2.98. The van der Waals surface area contributed by atoms with Gasteiger partial charge in [0.2, 0.25) is 0 Å². The van der Waals surface area contributed by atoms with Crippen molar-refractivity contribution in [3.63, 3.8) is 0 Å². The Morgan fingerprint density at radius 1 is 1.40 bits per heavy atom. The molecule has 1 aliphatic heterocycles. The number of hydrogen-bond donors (Lipinski definition) is 2. The minimum absolute atomic E-state index is 0.0550. The van der Waals surface area contributed by atoms with Crippen LogP contribution in [0.15, 0.2) is 28.7 Å². The van der Waals surface area contributed by atoms with Crippen LogP contribution in [0.4, 0.5) is 5.69 Å². The second kappa shape index (κ2) is 6.70. The molecule has 0 bridgehead atoms. The number of amides is 1. The summed E-state index contributed by atoms with van der Waals surface area (Å²) in [6, 6.07) is 7.58. The molecule has 20 heavy (non-hydrogen) atoms. The van der Waals surface area contributed by atoms with Crippen LogP contribution in [0, 0.1) is 0 Å². The summed E-state index contributed by atoms with van der Waals surface area (Å²) in [5.74, 6) is 0.0550. The summed E-state index contributed by atoms with van der Waals surface area (Å²) in [4.78, 5) is 13.6. The summed E-state index contributed by atoms with van der Waals surface area (Å²) in [6.07, 6.45) is 0.407. The van der Waals surface area contributed by atoms with E-state index in [1.807, 2.05) is 31.2 Å². The van der Waals surface area contributed by atoms with Crippen LogP contribution >= 0.6 is 15.9 Å². The zero-order valence-corrected chi connectivity index (χ0v) is 13.7. The van der Waals surface area contributed by atoms with Crippen molar-refractivity contribution in [1.82, 2.24) is 0 Å². The lowest BCUT2D eigenvalue weighted by Crippen LogP contribution is -3.19. The van der Waals surface area contributed by atoms with Crippen molar-refractivity contribution < 1.29 is 14.4 Å². The highest BCUT2D eigenvalue weighted by molar-refractivity contribution is 9.10. The fourth-order valence-corrected chi connectivity index (χ4v) is 3.07. The van der Waals surface area contributed by atoms with Crippen LogP contribution in [-0.2, 0) is 9.53 Å². The first kappa shape index (κ1) is 15.5. The van der Waals surface area contributed by atoms with Gasteiger partial charge in [0.25, 0.3) is 5.91 Å². The molecule has 1 fully saturated rings. The summed E-state index contributed by atoms with van der Waals surface area (Å²) >= 11 is 3.41. The Bertz CT molecular complexity index is 471. The van der Waals surface area contributed by atoms with Crippen LogP contribution < -0.4 is 10.2 Å². The van der Waals surface area contributed by atoms with Gasteiger partial charge in [-0.2, -0.15) is 0 Å². The molecule has 1 aromatic carbocycles. The summed E-state index contributed by atoms with van der Waals surface area (Å²) in [7, 11) is 0. The molecule has 1 heterocycles. The van der Waals surface area contributed by atoms with Crippen LogP contribution in [0.1, 0.15) is 20.8 Å². The van der Waals surface area contributed by atoms with Gasteiger partial charge >= 0.3 is 0 Å². The monoisotopic (exact) mass is 341 g/mol. The summed E-state index contributed by atoms with van der Waals surface area (Å²) in [6.45, 7) is 7.85. The van der Waals surface area contributed by atoms with E-state index < -0.39 is 0 Å². The molecular formula is C15H22BrN2O2+. The smallest absolute Gasteiger partial charge is 0.282 e. The van der Waals surface area contributed by atoms with Crippen molar-refractivity contribution in [2.75, 3.05) is 18.4 Å². The number of ether oxygens (including phenoxy) is 1. The Balaban J connectivity index is 1.98. The predicted octanol–water partition coefficient (Wildman–Crippen LogP) is 1.47.